The maximum Gasteiger partial charge on any atom is 0.310 e. The van der Waals surface area contributed by atoms with Gasteiger partial charge in [0.15, 0.2) is 0 Å². The van der Waals surface area contributed by atoms with Crippen molar-refractivity contribution in [1.29, 1.82) is 0 Å². The van der Waals surface area contributed by atoms with Crippen LogP contribution in [0.15, 0.2) is 24.3 Å². The minimum absolute atomic E-state index is 0.0641. The molecule has 2 unspecified atom stereocenters. The Bertz CT molecular complexity index is 712. The number of likely N-dealkylation sites (N-methyl/N-ethyl adjacent to an activating group) is 1. The molecule has 0 aliphatic carbocycles. The Morgan fingerprint density at radius 1 is 1.39 bits per heavy atom. The quantitative estimate of drug-likeness (QED) is 0.699. The summed E-state index contributed by atoms with van der Waals surface area (Å²) < 4.78 is 5.09. The van der Waals surface area contributed by atoms with Crippen LogP contribution in [0.3, 0.4) is 0 Å². The molecule has 0 spiro atoms. The third-order valence-electron chi connectivity index (χ3n) is 4.87. The molecule has 0 bridgehead atoms. The maximum absolute atomic E-state index is 12.8. The highest BCUT2D eigenvalue weighted by Gasteiger charge is 2.32. The SMILES string of the molecule is CCOC(=O)C1CCCN(C(=O)C(C)N(C)CC(=O)Nc2cccc(Cl)c2)C1. The molecule has 2 amide bonds. The van der Waals surface area contributed by atoms with E-state index in [0.717, 1.165) is 12.8 Å². The van der Waals surface area contributed by atoms with Gasteiger partial charge in [-0.25, -0.2) is 0 Å². The second-order valence-electron chi connectivity index (χ2n) is 7.03. The summed E-state index contributed by atoms with van der Waals surface area (Å²) in [5.74, 6) is -0.845. The molecule has 1 N–H and O–H groups in total. The lowest BCUT2D eigenvalue weighted by atomic mass is 9.97. The van der Waals surface area contributed by atoms with Gasteiger partial charge in [-0.1, -0.05) is 17.7 Å². The summed E-state index contributed by atoms with van der Waals surface area (Å²) in [4.78, 5) is 40.5. The third-order valence-corrected chi connectivity index (χ3v) is 5.11. The second-order valence-corrected chi connectivity index (χ2v) is 7.46. The van der Waals surface area contributed by atoms with Gasteiger partial charge in [0, 0.05) is 23.8 Å². The number of hydrogen-bond acceptors (Lipinski definition) is 5. The van der Waals surface area contributed by atoms with Crippen molar-refractivity contribution >= 4 is 35.1 Å². The molecule has 8 heteroatoms. The van der Waals surface area contributed by atoms with E-state index in [1.807, 2.05) is 0 Å². The van der Waals surface area contributed by atoms with Crippen LogP contribution in [0.2, 0.25) is 5.02 Å². The Kier molecular flexibility index (Phi) is 8.26. The fourth-order valence-electron chi connectivity index (χ4n) is 3.21. The Balaban J connectivity index is 1.88. The molecule has 0 aromatic heterocycles. The number of esters is 1. The van der Waals surface area contributed by atoms with E-state index in [1.54, 1.807) is 55.0 Å². The first-order chi connectivity index (χ1) is 13.3. The zero-order chi connectivity index (χ0) is 20.7. The molecule has 0 radical (unpaired) electrons. The minimum atomic E-state index is -0.481. The van der Waals surface area contributed by atoms with Gasteiger partial charge in [0.25, 0.3) is 0 Å². The van der Waals surface area contributed by atoms with E-state index in [4.69, 9.17) is 16.3 Å². The van der Waals surface area contributed by atoms with Gasteiger partial charge in [-0.3, -0.25) is 19.3 Å². The van der Waals surface area contributed by atoms with Crippen molar-refractivity contribution in [1.82, 2.24) is 9.80 Å². The minimum Gasteiger partial charge on any atom is -0.466 e. The first kappa shape index (κ1) is 22.2. The number of piperidine rings is 1. The fraction of sp³-hybridized carbons (Fsp3) is 0.550. The van der Waals surface area contributed by atoms with Crippen LogP contribution >= 0.6 is 11.6 Å². The van der Waals surface area contributed by atoms with Crippen LogP contribution in [0.25, 0.3) is 0 Å². The number of rotatable bonds is 7. The van der Waals surface area contributed by atoms with Gasteiger partial charge in [0.1, 0.15) is 0 Å². The van der Waals surface area contributed by atoms with Crippen LogP contribution in [0.4, 0.5) is 5.69 Å². The first-order valence-electron chi connectivity index (χ1n) is 9.53. The lowest BCUT2D eigenvalue weighted by Crippen LogP contribution is -2.51. The lowest BCUT2D eigenvalue weighted by molar-refractivity contribution is -0.152. The number of halogens is 1. The Labute approximate surface area is 171 Å². The van der Waals surface area contributed by atoms with E-state index in [-0.39, 0.29) is 30.2 Å². The number of benzene rings is 1. The van der Waals surface area contributed by atoms with Crippen molar-refractivity contribution in [2.75, 3.05) is 38.6 Å². The molecular formula is C20H28ClN3O4. The molecule has 2 atom stereocenters. The molecule has 1 aromatic rings. The average Bonchev–Trinajstić information content (AvgIpc) is 2.67. The van der Waals surface area contributed by atoms with Gasteiger partial charge in [-0.05, 0) is 51.9 Å². The van der Waals surface area contributed by atoms with E-state index in [0.29, 0.717) is 30.4 Å². The largest absolute Gasteiger partial charge is 0.466 e. The van der Waals surface area contributed by atoms with E-state index < -0.39 is 6.04 Å². The summed E-state index contributed by atoms with van der Waals surface area (Å²) in [5.41, 5.74) is 0.609. The number of carbonyl (C=O) groups excluding carboxylic acids is 3. The van der Waals surface area contributed by atoms with Crippen molar-refractivity contribution in [2.24, 2.45) is 5.92 Å². The molecular weight excluding hydrogens is 382 g/mol. The normalized spacial score (nSPS) is 17.9. The standard InChI is InChI=1S/C20H28ClN3O4/c1-4-28-20(27)15-7-6-10-24(12-15)19(26)14(2)23(3)13-18(25)22-17-9-5-8-16(21)11-17/h5,8-9,11,14-15H,4,6-7,10,12-13H2,1-3H3,(H,22,25). The molecule has 1 saturated heterocycles. The van der Waals surface area contributed by atoms with Crippen LogP contribution in [-0.4, -0.2) is 66.9 Å². The fourth-order valence-corrected chi connectivity index (χ4v) is 3.40. The molecule has 1 aliphatic heterocycles. The molecule has 1 fully saturated rings. The van der Waals surface area contributed by atoms with Crippen molar-refractivity contribution in [3.8, 4) is 0 Å². The second kappa shape index (κ2) is 10.4. The number of nitrogens with one attached hydrogen (secondary N) is 1. The molecule has 1 aliphatic rings. The maximum atomic E-state index is 12.8. The summed E-state index contributed by atoms with van der Waals surface area (Å²) in [5, 5.41) is 3.31. The summed E-state index contributed by atoms with van der Waals surface area (Å²) >= 11 is 5.92. The topological polar surface area (TPSA) is 79.0 Å². The number of nitrogens with zero attached hydrogens (tertiary/aromatic N) is 2. The first-order valence-corrected chi connectivity index (χ1v) is 9.90. The van der Waals surface area contributed by atoms with Crippen molar-refractivity contribution in [3.05, 3.63) is 29.3 Å². The van der Waals surface area contributed by atoms with Crippen LogP contribution < -0.4 is 5.32 Å². The van der Waals surface area contributed by atoms with Gasteiger partial charge in [0.2, 0.25) is 11.8 Å². The van der Waals surface area contributed by atoms with Gasteiger partial charge < -0.3 is 15.0 Å². The van der Waals surface area contributed by atoms with E-state index in [2.05, 4.69) is 5.32 Å². The number of amides is 2. The monoisotopic (exact) mass is 409 g/mol. The van der Waals surface area contributed by atoms with Gasteiger partial charge in [-0.15, -0.1) is 0 Å². The predicted molar refractivity (Wildman–Crippen MR) is 108 cm³/mol. The Hall–Kier alpha value is -2.12. The zero-order valence-corrected chi connectivity index (χ0v) is 17.4. The number of anilines is 1. The summed E-state index contributed by atoms with van der Waals surface area (Å²) in [6, 6.07) is 6.42. The zero-order valence-electron chi connectivity index (χ0n) is 16.6. The summed E-state index contributed by atoms with van der Waals surface area (Å²) in [6.45, 7) is 4.92. The molecule has 0 saturated carbocycles. The van der Waals surface area contributed by atoms with E-state index in [9.17, 15) is 14.4 Å². The van der Waals surface area contributed by atoms with E-state index in [1.165, 1.54) is 0 Å². The Morgan fingerprint density at radius 3 is 2.82 bits per heavy atom. The molecule has 7 nitrogen and oxygen atoms in total. The van der Waals surface area contributed by atoms with Crippen LogP contribution in [-0.2, 0) is 19.1 Å². The van der Waals surface area contributed by atoms with Crippen molar-refractivity contribution in [3.63, 3.8) is 0 Å². The van der Waals surface area contributed by atoms with Gasteiger partial charge >= 0.3 is 5.97 Å². The molecule has 154 valence electrons. The highest BCUT2D eigenvalue weighted by atomic mass is 35.5. The lowest BCUT2D eigenvalue weighted by Gasteiger charge is -2.35. The van der Waals surface area contributed by atoms with Crippen molar-refractivity contribution in [2.45, 2.75) is 32.7 Å². The summed E-state index contributed by atoms with van der Waals surface area (Å²) in [7, 11) is 1.73. The van der Waals surface area contributed by atoms with Gasteiger partial charge in [0.05, 0.1) is 25.1 Å². The smallest absolute Gasteiger partial charge is 0.310 e. The molecule has 2 rings (SSSR count). The third kappa shape index (κ3) is 6.21. The number of hydrogen-bond donors (Lipinski definition) is 1. The van der Waals surface area contributed by atoms with E-state index >= 15 is 0 Å². The number of likely N-dealkylation sites (tertiary alicyclic amines) is 1. The molecule has 1 aromatic carbocycles. The molecule has 1 heterocycles. The highest BCUT2D eigenvalue weighted by molar-refractivity contribution is 6.30. The highest BCUT2D eigenvalue weighted by Crippen LogP contribution is 2.19. The average molecular weight is 410 g/mol. The number of carbonyl (C=O) groups is 3. The van der Waals surface area contributed by atoms with Crippen LogP contribution in [0.1, 0.15) is 26.7 Å². The Morgan fingerprint density at radius 2 is 2.14 bits per heavy atom. The van der Waals surface area contributed by atoms with Crippen molar-refractivity contribution < 1.29 is 19.1 Å². The summed E-state index contributed by atoms with van der Waals surface area (Å²) in [6.07, 6.45) is 1.50. The predicted octanol–water partition coefficient (Wildman–Crippen LogP) is 2.40. The van der Waals surface area contributed by atoms with Crippen LogP contribution in [0.5, 0.6) is 0 Å². The molecule has 28 heavy (non-hydrogen) atoms. The van der Waals surface area contributed by atoms with Crippen LogP contribution in [0, 0.1) is 5.92 Å². The van der Waals surface area contributed by atoms with Gasteiger partial charge in [-0.2, -0.15) is 0 Å². The number of ether oxygens (including phenoxy) is 1.